The van der Waals surface area contributed by atoms with Gasteiger partial charge in [0.2, 0.25) is 0 Å². The van der Waals surface area contributed by atoms with Gasteiger partial charge in [0.1, 0.15) is 5.75 Å². The van der Waals surface area contributed by atoms with E-state index in [2.05, 4.69) is 5.32 Å². The number of hydrogen-bond donors (Lipinski definition) is 1. The number of carbonyl (C=O) groups is 3. The van der Waals surface area contributed by atoms with Gasteiger partial charge in [0.15, 0.2) is 6.61 Å². The number of ether oxygens (including phenoxy) is 1. The largest absolute Gasteiger partial charge is 0.484 e. The molecule has 1 N–H and O–H groups in total. The molecule has 1 heterocycles. The Morgan fingerprint density at radius 1 is 0.818 bits per heavy atom. The van der Waals surface area contributed by atoms with E-state index in [4.69, 9.17) is 16.3 Å². The molecule has 0 spiro atoms. The predicted molar refractivity (Wildman–Crippen MR) is 127 cm³/mol. The highest BCUT2D eigenvalue weighted by Gasteiger charge is 2.37. The maximum absolute atomic E-state index is 12.7. The van der Waals surface area contributed by atoms with Crippen molar-refractivity contribution in [2.24, 2.45) is 0 Å². The lowest BCUT2D eigenvalue weighted by atomic mass is 10.1. The van der Waals surface area contributed by atoms with Crippen LogP contribution >= 0.6 is 11.6 Å². The van der Waals surface area contributed by atoms with Gasteiger partial charge in [-0.15, -0.1) is 0 Å². The number of imide groups is 1. The van der Waals surface area contributed by atoms with Crippen LogP contribution in [0.15, 0.2) is 84.9 Å². The van der Waals surface area contributed by atoms with Crippen molar-refractivity contribution in [2.75, 3.05) is 16.8 Å². The third-order valence-corrected chi connectivity index (χ3v) is 5.66. The molecule has 6 nitrogen and oxygen atoms in total. The standard InChI is InChI=1S/C26H17ClN2O4/c27-22-14-18(10-12-23(22)29-25(31)20-7-3-4-8-21(20)26(29)32)28-24(30)15-33-19-11-9-16-5-1-2-6-17(16)13-19/h1-14H,15H2,(H,28,30). The van der Waals surface area contributed by atoms with Gasteiger partial charge >= 0.3 is 0 Å². The van der Waals surface area contributed by atoms with Gasteiger partial charge < -0.3 is 10.1 Å². The molecule has 0 fully saturated rings. The van der Waals surface area contributed by atoms with Crippen LogP contribution in [-0.2, 0) is 4.79 Å². The molecule has 0 radical (unpaired) electrons. The summed E-state index contributed by atoms with van der Waals surface area (Å²) in [6.07, 6.45) is 0. The molecule has 0 aromatic heterocycles. The third-order valence-electron chi connectivity index (χ3n) is 5.36. The van der Waals surface area contributed by atoms with Crippen molar-refractivity contribution in [1.29, 1.82) is 0 Å². The summed E-state index contributed by atoms with van der Waals surface area (Å²) in [6.45, 7) is -0.184. The SMILES string of the molecule is O=C(COc1ccc2ccccc2c1)Nc1ccc(N2C(=O)c3ccccc3C2=O)c(Cl)c1. The second-order valence-electron chi connectivity index (χ2n) is 7.50. The summed E-state index contributed by atoms with van der Waals surface area (Å²) < 4.78 is 5.60. The number of fused-ring (bicyclic) bond motifs is 2. The molecule has 4 aromatic rings. The summed E-state index contributed by atoms with van der Waals surface area (Å²) in [6, 6.07) is 24.7. The van der Waals surface area contributed by atoms with Crippen molar-refractivity contribution in [3.8, 4) is 5.75 Å². The molecule has 0 bridgehead atoms. The van der Waals surface area contributed by atoms with Gasteiger partial charge in [-0.1, -0.05) is 54.1 Å². The highest BCUT2D eigenvalue weighted by atomic mass is 35.5. The smallest absolute Gasteiger partial charge is 0.266 e. The maximum atomic E-state index is 12.7. The number of carbonyl (C=O) groups excluding carboxylic acids is 3. The van der Waals surface area contributed by atoms with Crippen LogP contribution in [0.25, 0.3) is 10.8 Å². The Morgan fingerprint density at radius 3 is 2.18 bits per heavy atom. The van der Waals surface area contributed by atoms with E-state index in [1.807, 2.05) is 42.5 Å². The zero-order chi connectivity index (χ0) is 22.9. The zero-order valence-electron chi connectivity index (χ0n) is 17.2. The van der Waals surface area contributed by atoms with Crippen molar-refractivity contribution >= 4 is 51.5 Å². The van der Waals surface area contributed by atoms with Gasteiger partial charge in [-0.2, -0.15) is 0 Å². The molecule has 5 rings (SSSR count). The topological polar surface area (TPSA) is 75.7 Å². The fourth-order valence-electron chi connectivity index (χ4n) is 3.78. The summed E-state index contributed by atoms with van der Waals surface area (Å²) in [5.74, 6) is -0.647. The average Bonchev–Trinajstić information content (AvgIpc) is 3.08. The van der Waals surface area contributed by atoms with Gasteiger partial charge in [-0.25, -0.2) is 4.90 Å². The number of nitrogens with zero attached hydrogens (tertiary/aromatic N) is 1. The summed E-state index contributed by atoms with van der Waals surface area (Å²) in [5.41, 5.74) is 1.35. The molecule has 0 saturated heterocycles. The van der Waals surface area contributed by atoms with Crippen LogP contribution in [0.5, 0.6) is 5.75 Å². The van der Waals surface area contributed by atoms with Crippen LogP contribution in [0, 0.1) is 0 Å². The number of anilines is 2. The van der Waals surface area contributed by atoms with Crippen molar-refractivity contribution < 1.29 is 19.1 Å². The summed E-state index contributed by atoms with van der Waals surface area (Å²) in [7, 11) is 0. The second-order valence-corrected chi connectivity index (χ2v) is 7.91. The summed E-state index contributed by atoms with van der Waals surface area (Å²) >= 11 is 6.37. The third kappa shape index (κ3) is 3.92. The van der Waals surface area contributed by atoms with E-state index in [1.165, 1.54) is 12.1 Å². The fourth-order valence-corrected chi connectivity index (χ4v) is 4.04. The van der Waals surface area contributed by atoms with E-state index in [0.717, 1.165) is 15.7 Å². The second kappa shape index (κ2) is 8.41. The molecular weight excluding hydrogens is 440 g/mol. The quantitative estimate of drug-likeness (QED) is 0.413. The monoisotopic (exact) mass is 456 g/mol. The molecule has 3 amide bonds. The summed E-state index contributed by atoms with van der Waals surface area (Å²) in [4.78, 5) is 38.8. The van der Waals surface area contributed by atoms with Crippen LogP contribution in [0.2, 0.25) is 5.02 Å². The zero-order valence-corrected chi connectivity index (χ0v) is 18.0. The molecule has 162 valence electrons. The number of nitrogens with one attached hydrogen (secondary N) is 1. The minimum atomic E-state index is -0.432. The first kappa shape index (κ1) is 20.7. The lowest BCUT2D eigenvalue weighted by Gasteiger charge is -2.16. The molecule has 7 heteroatoms. The van der Waals surface area contributed by atoms with Crippen molar-refractivity contribution in [1.82, 2.24) is 0 Å². The van der Waals surface area contributed by atoms with E-state index in [1.54, 1.807) is 30.3 Å². The Labute approximate surface area is 194 Å². The Morgan fingerprint density at radius 2 is 1.48 bits per heavy atom. The lowest BCUT2D eigenvalue weighted by Crippen LogP contribution is -2.29. The van der Waals surface area contributed by atoms with Gasteiger partial charge in [-0.3, -0.25) is 14.4 Å². The predicted octanol–water partition coefficient (Wildman–Crippen LogP) is 5.31. The molecule has 4 aromatic carbocycles. The van der Waals surface area contributed by atoms with Crippen LogP contribution in [0.4, 0.5) is 11.4 Å². The first-order valence-electron chi connectivity index (χ1n) is 10.2. The minimum absolute atomic E-state index is 0.165. The van der Waals surface area contributed by atoms with E-state index in [-0.39, 0.29) is 23.2 Å². The molecule has 0 atom stereocenters. The maximum Gasteiger partial charge on any atom is 0.266 e. The van der Waals surface area contributed by atoms with Crippen LogP contribution in [0.3, 0.4) is 0 Å². The van der Waals surface area contributed by atoms with E-state index in [0.29, 0.717) is 22.6 Å². The van der Waals surface area contributed by atoms with E-state index < -0.39 is 11.8 Å². The van der Waals surface area contributed by atoms with Crippen LogP contribution in [-0.4, -0.2) is 24.3 Å². The molecule has 0 aliphatic carbocycles. The van der Waals surface area contributed by atoms with Crippen LogP contribution in [0.1, 0.15) is 20.7 Å². The van der Waals surface area contributed by atoms with E-state index >= 15 is 0 Å². The highest BCUT2D eigenvalue weighted by molar-refractivity contribution is 6.40. The number of rotatable bonds is 5. The van der Waals surface area contributed by atoms with Crippen molar-refractivity contribution in [2.45, 2.75) is 0 Å². The Kier molecular flexibility index (Phi) is 5.28. The lowest BCUT2D eigenvalue weighted by molar-refractivity contribution is -0.118. The summed E-state index contributed by atoms with van der Waals surface area (Å²) in [5, 5.41) is 4.98. The number of amides is 3. The Bertz CT molecular complexity index is 1400. The molecule has 0 unspecified atom stereocenters. The molecule has 33 heavy (non-hydrogen) atoms. The van der Waals surface area contributed by atoms with Gasteiger partial charge in [0.25, 0.3) is 17.7 Å². The molecule has 1 aliphatic heterocycles. The normalized spacial score (nSPS) is 12.7. The van der Waals surface area contributed by atoms with Crippen molar-refractivity contribution in [3.63, 3.8) is 0 Å². The molecular formula is C26H17ClN2O4. The average molecular weight is 457 g/mol. The number of hydrogen-bond acceptors (Lipinski definition) is 4. The highest BCUT2D eigenvalue weighted by Crippen LogP contribution is 2.34. The van der Waals surface area contributed by atoms with Gasteiger partial charge in [-0.05, 0) is 53.2 Å². The van der Waals surface area contributed by atoms with Gasteiger partial charge in [0.05, 0.1) is 21.8 Å². The molecule has 0 saturated carbocycles. The van der Waals surface area contributed by atoms with E-state index in [9.17, 15) is 14.4 Å². The first-order chi connectivity index (χ1) is 16.0. The Balaban J connectivity index is 1.26. The minimum Gasteiger partial charge on any atom is -0.484 e. The number of benzene rings is 4. The number of halogens is 1. The van der Waals surface area contributed by atoms with Gasteiger partial charge in [0, 0.05) is 5.69 Å². The molecule has 1 aliphatic rings. The fraction of sp³-hybridized carbons (Fsp3) is 0.0385. The van der Waals surface area contributed by atoms with Crippen molar-refractivity contribution in [3.05, 3.63) is 101 Å². The first-order valence-corrected chi connectivity index (χ1v) is 10.6. The van der Waals surface area contributed by atoms with Crippen LogP contribution < -0.4 is 15.0 Å². The Hall–Kier alpha value is -4.16.